The Kier molecular flexibility index (Phi) is 2.90. The van der Waals surface area contributed by atoms with Gasteiger partial charge in [0.1, 0.15) is 17.4 Å². The van der Waals surface area contributed by atoms with E-state index in [-0.39, 0.29) is 18.7 Å². The number of imidazole rings is 1. The zero-order chi connectivity index (χ0) is 14.3. The van der Waals surface area contributed by atoms with E-state index in [9.17, 15) is 14.7 Å². The molecule has 7 heteroatoms. The number of carboxylic acids is 1. The third kappa shape index (κ3) is 2.01. The maximum Gasteiger partial charge on any atom is 0.326 e. The van der Waals surface area contributed by atoms with Gasteiger partial charge in [-0.2, -0.15) is 0 Å². The number of amides is 1. The molecule has 0 aliphatic carbocycles. The van der Waals surface area contributed by atoms with Gasteiger partial charge in [-0.05, 0) is 12.1 Å². The number of hydrogen-bond donors (Lipinski definition) is 2. The van der Waals surface area contributed by atoms with Crippen molar-refractivity contribution in [3.8, 4) is 0 Å². The number of carboxylic acid groups (broad SMARTS) is 1. The van der Waals surface area contributed by atoms with Crippen molar-refractivity contribution in [2.45, 2.75) is 18.6 Å². The first-order valence-electron chi connectivity index (χ1n) is 6.22. The van der Waals surface area contributed by atoms with Crippen LogP contribution in [-0.2, 0) is 4.79 Å². The number of pyridine rings is 1. The lowest BCUT2D eigenvalue weighted by atomic mass is 10.2. The molecule has 1 aliphatic heterocycles. The third-order valence-corrected chi connectivity index (χ3v) is 3.41. The standard InChI is InChI=1S/C13H13N3O4/c17-8-5-10(13(19)20)16(6-8)12(18)9-7-15-4-2-1-3-11(15)14-9/h1-4,7-8,10,17H,5-6H2,(H,19,20)/t8-,10-/m1/s1. The van der Waals surface area contributed by atoms with Crippen LogP contribution < -0.4 is 0 Å². The monoisotopic (exact) mass is 275 g/mol. The van der Waals surface area contributed by atoms with Gasteiger partial charge in [0, 0.05) is 25.4 Å². The summed E-state index contributed by atoms with van der Waals surface area (Å²) in [5.74, 6) is -1.59. The van der Waals surface area contributed by atoms with E-state index in [1.54, 1.807) is 28.9 Å². The average Bonchev–Trinajstić information content (AvgIpc) is 3.01. The van der Waals surface area contributed by atoms with E-state index in [1.165, 1.54) is 0 Å². The molecule has 20 heavy (non-hydrogen) atoms. The smallest absolute Gasteiger partial charge is 0.326 e. The molecule has 1 amide bonds. The van der Waals surface area contributed by atoms with Crippen LogP contribution in [0.1, 0.15) is 16.9 Å². The van der Waals surface area contributed by atoms with Crippen LogP contribution in [0.3, 0.4) is 0 Å². The van der Waals surface area contributed by atoms with Crippen LogP contribution in [0, 0.1) is 0 Å². The molecule has 2 aromatic heterocycles. The largest absolute Gasteiger partial charge is 0.480 e. The molecule has 3 heterocycles. The van der Waals surface area contributed by atoms with Crippen LogP contribution in [0.15, 0.2) is 30.6 Å². The van der Waals surface area contributed by atoms with E-state index in [2.05, 4.69) is 4.98 Å². The van der Waals surface area contributed by atoms with Crippen molar-refractivity contribution in [3.63, 3.8) is 0 Å². The molecule has 104 valence electrons. The van der Waals surface area contributed by atoms with Gasteiger partial charge in [-0.25, -0.2) is 9.78 Å². The van der Waals surface area contributed by atoms with Crippen LogP contribution in [0.2, 0.25) is 0 Å². The van der Waals surface area contributed by atoms with Crippen LogP contribution >= 0.6 is 0 Å². The Morgan fingerprint density at radius 3 is 2.85 bits per heavy atom. The summed E-state index contributed by atoms with van der Waals surface area (Å²) in [6, 6.07) is 4.37. The summed E-state index contributed by atoms with van der Waals surface area (Å²) >= 11 is 0. The van der Waals surface area contributed by atoms with Gasteiger partial charge in [-0.3, -0.25) is 4.79 Å². The number of hydrogen-bond acceptors (Lipinski definition) is 4. The predicted molar refractivity (Wildman–Crippen MR) is 68.3 cm³/mol. The molecular formula is C13H13N3O4. The molecule has 1 aliphatic rings. The average molecular weight is 275 g/mol. The molecule has 0 spiro atoms. The lowest BCUT2D eigenvalue weighted by Crippen LogP contribution is -2.40. The first-order chi connectivity index (χ1) is 9.56. The highest BCUT2D eigenvalue weighted by molar-refractivity contribution is 5.96. The van der Waals surface area contributed by atoms with Crippen LogP contribution in [0.25, 0.3) is 5.65 Å². The van der Waals surface area contributed by atoms with Crippen molar-refractivity contribution in [1.82, 2.24) is 14.3 Å². The number of likely N-dealkylation sites (tertiary alicyclic amines) is 1. The zero-order valence-corrected chi connectivity index (χ0v) is 10.5. The van der Waals surface area contributed by atoms with E-state index in [1.807, 2.05) is 6.07 Å². The Morgan fingerprint density at radius 1 is 1.35 bits per heavy atom. The highest BCUT2D eigenvalue weighted by atomic mass is 16.4. The Bertz CT molecular complexity index is 648. The van der Waals surface area contributed by atoms with Gasteiger partial charge in [0.25, 0.3) is 5.91 Å². The second-order valence-electron chi connectivity index (χ2n) is 4.79. The minimum Gasteiger partial charge on any atom is -0.480 e. The topological polar surface area (TPSA) is 95.1 Å². The Labute approximate surface area is 114 Å². The second-order valence-corrected chi connectivity index (χ2v) is 4.79. The van der Waals surface area contributed by atoms with Gasteiger partial charge in [0.05, 0.1) is 6.10 Å². The van der Waals surface area contributed by atoms with Crippen molar-refractivity contribution in [2.75, 3.05) is 6.54 Å². The molecule has 1 fully saturated rings. The van der Waals surface area contributed by atoms with Crippen molar-refractivity contribution in [2.24, 2.45) is 0 Å². The molecule has 0 bridgehead atoms. The molecule has 0 radical (unpaired) electrons. The first-order valence-corrected chi connectivity index (χ1v) is 6.22. The summed E-state index contributed by atoms with van der Waals surface area (Å²) in [5.41, 5.74) is 0.791. The summed E-state index contributed by atoms with van der Waals surface area (Å²) in [6.45, 7) is 0.0175. The number of β-amino-alcohol motifs (C(OH)–C–C–N with tert-alkyl or cyclic N) is 1. The minimum atomic E-state index is -1.11. The Morgan fingerprint density at radius 2 is 2.15 bits per heavy atom. The number of aliphatic carboxylic acids is 1. The van der Waals surface area contributed by atoms with Crippen LogP contribution in [0.4, 0.5) is 0 Å². The van der Waals surface area contributed by atoms with Gasteiger partial charge in [0.2, 0.25) is 0 Å². The van der Waals surface area contributed by atoms with Crippen molar-refractivity contribution in [3.05, 3.63) is 36.3 Å². The summed E-state index contributed by atoms with van der Waals surface area (Å²) in [7, 11) is 0. The van der Waals surface area contributed by atoms with Crippen LogP contribution in [-0.4, -0.2) is 55.1 Å². The van der Waals surface area contributed by atoms with E-state index >= 15 is 0 Å². The SMILES string of the molecule is O=C(O)[C@H]1C[C@@H](O)CN1C(=O)c1cn2ccccc2n1. The molecule has 1 saturated heterocycles. The highest BCUT2D eigenvalue weighted by Gasteiger charge is 2.39. The summed E-state index contributed by atoms with van der Waals surface area (Å²) in [5, 5.41) is 18.7. The fourth-order valence-electron chi connectivity index (χ4n) is 2.46. The summed E-state index contributed by atoms with van der Waals surface area (Å²) < 4.78 is 1.69. The fraction of sp³-hybridized carbons (Fsp3) is 0.308. The van der Waals surface area contributed by atoms with Crippen LogP contribution in [0.5, 0.6) is 0 Å². The van der Waals surface area contributed by atoms with Gasteiger partial charge in [-0.15, -0.1) is 0 Å². The fourth-order valence-corrected chi connectivity index (χ4v) is 2.46. The summed E-state index contributed by atoms with van der Waals surface area (Å²) in [6.07, 6.45) is 2.56. The molecular weight excluding hydrogens is 262 g/mol. The summed E-state index contributed by atoms with van der Waals surface area (Å²) in [4.78, 5) is 28.8. The quantitative estimate of drug-likeness (QED) is 0.804. The molecule has 2 aromatic rings. The number of rotatable bonds is 2. The number of fused-ring (bicyclic) bond motifs is 1. The maximum absolute atomic E-state index is 12.4. The normalized spacial score (nSPS) is 22.4. The Hall–Kier alpha value is -2.41. The number of carbonyl (C=O) groups excluding carboxylic acids is 1. The predicted octanol–water partition coefficient (Wildman–Crippen LogP) is -0.00570. The molecule has 7 nitrogen and oxygen atoms in total. The highest BCUT2D eigenvalue weighted by Crippen LogP contribution is 2.21. The molecule has 0 saturated carbocycles. The number of aliphatic hydroxyl groups is 1. The molecule has 3 rings (SSSR count). The van der Waals surface area contributed by atoms with Crippen molar-refractivity contribution < 1.29 is 19.8 Å². The molecule has 0 aromatic carbocycles. The van der Waals surface area contributed by atoms with E-state index in [4.69, 9.17) is 5.11 Å². The number of carbonyl (C=O) groups is 2. The van der Waals surface area contributed by atoms with Gasteiger partial charge < -0.3 is 19.5 Å². The number of aromatic nitrogens is 2. The number of nitrogens with zero attached hydrogens (tertiary/aromatic N) is 3. The second kappa shape index (κ2) is 4.61. The third-order valence-electron chi connectivity index (χ3n) is 3.41. The molecule has 2 N–H and O–H groups in total. The molecule has 0 unspecified atom stereocenters. The number of aliphatic hydroxyl groups excluding tert-OH is 1. The van der Waals surface area contributed by atoms with Gasteiger partial charge in [-0.1, -0.05) is 6.07 Å². The maximum atomic E-state index is 12.4. The van der Waals surface area contributed by atoms with Crippen molar-refractivity contribution in [1.29, 1.82) is 0 Å². The van der Waals surface area contributed by atoms with E-state index < -0.39 is 24.0 Å². The van der Waals surface area contributed by atoms with E-state index in [0.29, 0.717) is 5.65 Å². The van der Waals surface area contributed by atoms with Crippen molar-refractivity contribution >= 4 is 17.5 Å². The zero-order valence-electron chi connectivity index (χ0n) is 10.5. The van der Waals surface area contributed by atoms with E-state index in [0.717, 1.165) is 4.90 Å². The molecule has 2 atom stereocenters. The lowest BCUT2D eigenvalue weighted by Gasteiger charge is -2.19. The lowest BCUT2D eigenvalue weighted by molar-refractivity contribution is -0.141. The Balaban J connectivity index is 1.93. The first kappa shape index (κ1) is 12.6. The van der Waals surface area contributed by atoms with Gasteiger partial charge in [0.15, 0.2) is 0 Å². The van der Waals surface area contributed by atoms with Gasteiger partial charge >= 0.3 is 5.97 Å². The minimum absolute atomic E-state index is 0.0175.